The van der Waals surface area contributed by atoms with Crippen LogP contribution in [0.4, 0.5) is 0 Å². The van der Waals surface area contributed by atoms with Gasteiger partial charge in [0.25, 0.3) is 0 Å². The lowest BCUT2D eigenvalue weighted by atomic mass is 10.0. The second kappa shape index (κ2) is 7.09. The molecule has 0 fully saturated rings. The molecule has 20 heavy (non-hydrogen) atoms. The van der Waals surface area contributed by atoms with Crippen LogP contribution >= 0.6 is 34.2 Å². The molecule has 2 aromatic carbocycles. The van der Waals surface area contributed by atoms with Gasteiger partial charge in [0.15, 0.2) is 0 Å². The van der Waals surface area contributed by atoms with Crippen LogP contribution in [0.2, 0.25) is 0 Å². The molecule has 0 aliphatic heterocycles. The molecule has 0 spiro atoms. The van der Waals surface area contributed by atoms with Crippen LogP contribution in [0, 0.1) is 3.57 Å². The molecule has 0 saturated heterocycles. The molecule has 1 atom stereocenters. The maximum Gasteiger partial charge on any atom is 0.321 e. The van der Waals surface area contributed by atoms with Crippen molar-refractivity contribution in [2.45, 2.75) is 18.2 Å². The highest BCUT2D eigenvalue weighted by Crippen LogP contribution is 2.26. The van der Waals surface area contributed by atoms with Crippen molar-refractivity contribution in [2.24, 2.45) is 0 Å². The monoisotopic (exact) mass is 400 g/mol. The summed E-state index contributed by atoms with van der Waals surface area (Å²) in [5.74, 6) is -0.956. The number of carbonyl (C=O) groups is 1. The molecule has 2 rings (SSSR count). The fraction of sp³-hybridized carbons (Fsp3) is 0.188. The molecule has 1 N–H and O–H groups in total. The number of aryl methyl sites for hydroxylation is 1. The first-order chi connectivity index (χ1) is 9.58. The molecule has 0 aromatic heterocycles. The number of carboxylic acid groups (broad SMARTS) is 1. The van der Waals surface area contributed by atoms with Crippen molar-refractivity contribution in [3.63, 3.8) is 0 Å². The van der Waals surface area contributed by atoms with Gasteiger partial charge in [-0.15, -0.1) is 11.6 Å². The molecule has 104 valence electrons. The summed E-state index contributed by atoms with van der Waals surface area (Å²) in [6.07, 6.45) is 1.11. The van der Waals surface area contributed by atoms with Crippen LogP contribution in [0.15, 0.2) is 48.5 Å². The van der Waals surface area contributed by atoms with Gasteiger partial charge in [-0.2, -0.15) is 0 Å². The van der Waals surface area contributed by atoms with Gasteiger partial charge < -0.3 is 5.11 Å². The maximum atomic E-state index is 10.7. The summed E-state index contributed by atoms with van der Waals surface area (Å²) >= 11 is 8.04. The van der Waals surface area contributed by atoms with Crippen molar-refractivity contribution in [1.29, 1.82) is 0 Å². The first-order valence-electron chi connectivity index (χ1n) is 6.28. The Bertz CT molecular complexity index is 599. The van der Waals surface area contributed by atoms with Gasteiger partial charge in [-0.25, -0.2) is 0 Å². The van der Waals surface area contributed by atoms with Crippen LogP contribution in [0.5, 0.6) is 0 Å². The van der Waals surface area contributed by atoms with Gasteiger partial charge in [-0.3, -0.25) is 4.79 Å². The van der Waals surface area contributed by atoms with Gasteiger partial charge in [0, 0.05) is 3.57 Å². The van der Waals surface area contributed by atoms with Gasteiger partial charge in [-0.1, -0.05) is 42.5 Å². The molecule has 0 aliphatic rings. The number of alkyl halides is 1. The largest absolute Gasteiger partial charge is 0.480 e. The normalized spacial score (nSPS) is 12.1. The van der Waals surface area contributed by atoms with E-state index in [1.54, 1.807) is 0 Å². The number of aliphatic carboxylic acids is 1. The van der Waals surface area contributed by atoms with E-state index in [0.29, 0.717) is 12.8 Å². The van der Waals surface area contributed by atoms with E-state index in [4.69, 9.17) is 16.7 Å². The third-order valence-electron chi connectivity index (χ3n) is 3.07. The topological polar surface area (TPSA) is 37.3 Å². The van der Waals surface area contributed by atoms with E-state index in [2.05, 4.69) is 46.9 Å². The first kappa shape index (κ1) is 15.3. The Morgan fingerprint density at radius 3 is 2.50 bits per heavy atom. The molecule has 0 saturated carbocycles. The Morgan fingerprint density at radius 1 is 1.20 bits per heavy atom. The van der Waals surface area contributed by atoms with Crippen LogP contribution in [0.3, 0.4) is 0 Å². The summed E-state index contributed by atoms with van der Waals surface area (Å²) in [6, 6.07) is 16.4. The van der Waals surface area contributed by atoms with Crippen molar-refractivity contribution in [3.05, 3.63) is 57.7 Å². The predicted molar refractivity (Wildman–Crippen MR) is 90.2 cm³/mol. The highest BCUT2D eigenvalue weighted by Gasteiger charge is 2.13. The minimum absolute atomic E-state index is 0.442. The molecule has 0 aliphatic carbocycles. The lowest BCUT2D eigenvalue weighted by molar-refractivity contribution is -0.136. The Kier molecular flexibility index (Phi) is 5.43. The molecular formula is C16H14ClIO2. The second-order valence-corrected chi connectivity index (χ2v) is 6.21. The van der Waals surface area contributed by atoms with Gasteiger partial charge in [0.1, 0.15) is 5.38 Å². The van der Waals surface area contributed by atoms with Gasteiger partial charge in [-0.05, 0) is 58.2 Å². The molecular weight excluding hydrogens is 387 g/mol. The Hall–Kier alpha value is -1.07. The molecule has 0 radical (unpaired) electrons. The van der Waals surface area contributed by atoms with Gasteiger partial charge in [0.05, 0.1) is 0 Å². The van der Waals surface area contributed by atoms with Crippen molar-refractivity contribution in [3.8, 4) is 11.1 Å². The van der Waals surface area contributed by atoms with Crippen molar-refractivity contribution in [2.75, 3.05) is 0 Å². The number of carboxylic acids is 1. The third-order valence-corrected chi connectivity index (χ3v) is 4.37. The summed E-state index contributed by atoms with van der Waals surface area (Å²) < 4.78 is 1.16. The van der Waals surface area contributed by atoms with E-state index in [1.165, 1.54) is 11.1 Å². The number of benzene rings is 2. The van der Waals surface area contributed by atoms with E-state index >= 15 is 0 Å². The average Bonchev–Trinajstić information content (AvgIpc) is 2.45. The highest BCUT2D eigenvalue weighted by atomic mass is 127. The quantitative estimate of drug-likeness (QED) is 0.589. The maximum absolute atomic E-state index is 10.7. The van der Waals surface area contributed by atoms with E-state index in [9.17, 15) is 4.79 Å². The van der Waals surface area contributed by atoms with Gasteiger partial charge >= 0.3 is 5.97 Å². The van der Waals surface area contributed by atoms with Crippen LogP contribution < -0.4 is 0 Å². The minimum Gasteiger partial charge on any atom is -0.480 e. The summed E-state index contributed by atoms with van der Waals surface area (Å²) in [6.45, 7) is 0. The smallest absolute Gasteiger partial charge is 0.321 e. The van der Waals surface area contributed by atoms with E-state index in [-0.39, 0.29) is 0 Å². The van der Waals surface area contributed by atoms with Crippen molar-refractivity contribution in [1.82, 2.24) is 0 Å². The molecule has 0 heterocycles. The number of hydrogen-bond acceptors (Lipinski definition) is 1. The molecule has 2 nitrogen and oxygen atoms in total. The zero-order valence-electron chi connectivity index (χ0n) is 10.7. The summed E-state index contributed by atoms with van der Waals surface area (Å²) in [4.78, 5) is 10.7. The average molecular weight is 401 g/mol. The van der Waals surface area contributed by atoms with Crippen LogP contribution in [-0.4, -0.2) is 16.5 Å². The highest BCUT2D eigenvalue weighted by molar-refractivity contribution is 14.1. The van der Waals surface area contributed by atoms with E-state index < -0.39 is 11.3 Å². The lowest BCUT2D eigenvalue weighted by Crippen LogP contribution is -2.13. The number of rotatable bonds is 5. The lowest BCUT2D eigenvalue weighted by Gasteiger charge is -2.09. The number of hydrogen-bond donors (Lipinski definition) is 1. The van der Waals surface area contributed by atoms with Crippen LogP contribution in [-0.2, 0) is 11.2 Å². The molecule has 0 amide bonds. The standard InChI is InChI=1S/C16H14ClIO2/c17-14(16(19)20)9-7-11-6-8-13(15(18)10-11)12-4-2-1-3-5-12/h1-6,8,10,14H,7,9H2,(H,19,20). The minimum atomic E-state index is -0.956. The van der Waals surface area contributed by atoms with Crippen LogP contribution in [0.1, 0.15) is 12.0 Å². The summed E-state index contributed by atoms with van der Waals surface area (Å²) in [5, 5.41) is 7.96. The zero-order valence-corrected chi connectivity index (χ0v) is 13.6. The first-order valence-corrected chi connectivity index (χ1v) is 7.80. The van der Waals surface area contributed by atoms with E-state index in [0.717, 1.165) is 9.13 Å². The summed E-state index contributed by atoms with van der Waals surface area (Å²) in [7, 11) is 0. The zero-order chi connectivity index (χ0) is 14.5. The molecule has 0 bridgehead atoms. The van der Waals surface area contributed by atoms with E-state index in [1.807, 2.05) is 24.3 Å². The van der Waals surface area contributed by atoms with Crippen LogP contribution in [0.25, 0.3) is 11.1 Å². The SMILES string of the molecule is O=C(O)C(Cl)CCc1ccc(-c2ccccc2)c(I)c1. The summed E-state index contributed by atoms with van der Waals surface area (Å²) in [5.41, 5.74) is 3.49. The molecule has 4 heteroatoms. The van der Waals surface area contributed by atoms with Crippen molar-refractivity contribution < 1.29 is 9.90 Å². The fourth-order valence-corrected chi connectivity index (χ4v) is 2.98. The van der Waals surface area contributed by atoms with Gasteiger partial charge in [0.2, 0.25) is 0 Å². The number of halogens is 2. The second-order valence-electron chi connectivity index (χ2n) is 4.52. The Labute approximate surface area is 136 Å². The molecule has 2 aromatic rings. The molecule has 1 unspecified atom stereocenters. The Morgan fingerprint density at radius 2 is 1.90 bits per heavy atom. The third kappa shape index (κ3) is 3.96. The fourth-order valence-electron chi connectivity index (χ4n) is 1.98. The predicted octanol–water partition coefficient (Wildman–Crippen LogP) is 4.58. The van der Waals surface area contributed by atoms with Crippen molar-refractivity contribution >= 4 is 40.2 Å². The Balaban J connectivity index is 2.12.